The zero-order valence-corrected chi connectivity index (χ0v) is 10.7. The molecule has 5 heteroatoms. The minimum atomic E-state index is -0.432. The van der Waals surface area contributed by atoms with E-state index < -0.39 is 5.76 Å². The molecule has 0 aliphatic heterocycles. The molecule has 0 saturated heterocycles. The molecule has 0 amide bonds. The first-order valence-electron chi connectivity index (χ1n) is 6.18. The van der Waals surface area contributed by atoms with Crippen LogP contribution in [0.25, 0.3) is 11.1 Å². The second-order valence-corrected chi connectivity index (χ2v) is 4.52. The minimum absolute atomic E-state index is 0.0507. The van der Waals surface area contributed by atoms with Gasteiger partial charge in [-0.15, -0.1) is 0 Å². The lowest BCUT2D eigenvalue weighted by Gasteiger charge is -2.22. The van der Waals surface area contributed by atoms with Crippen molar-refractivity contribution >= 4 is 11.1 Å². The second-order valence-electron chi connectivity index (χ2n) is 4.52. The maximum atomic E-state index is 11.1. The molecule has 1 aromatic carbocycles. The van der Waals surface area contributed by atoms with Crippen LogP contribution in [0.1, 0.15) is 24.9 Å². The second kappa shape index (κ2) is 5.37. The number of oxazole rings is 1. The lowest BCUT2D eigenvalue weighted by atomic mass is 9.91. The Morgan fingerprint density at radius 2 is 2.28 bits per heavy atom. The van der Waals surface area contributed by atoms with Crippen LogP contribution in [-0.2, 0) is 0 Å². The Morgan fingerprint density at radius 3 is 2.94 bits per heavy atom. The van der Waals surface area contributed by atoms with Gasteiger partial charge in [-0.1, -0.05) is 19.4 Å². The van der Waals surface area contributed by atoms with Gasteiger partial charge in [0.25, 0.3) is 0 Å². The van der Waals surface area contributed by atoms with Crippen molar-refractivity contribution in [2.24, 2.45) is 11.7 Å². The van der Waals surface area contributed by atoms with Gasteiger partial charge >= 0.3 is 5.76 Å². The van der Waals surface area contributed by atoms with Crippen molar-refractivity contribution < 1.29 is 4.42 Å². The van der Waals surface area contributed by atoms with Crippen LogP contribution in [-0.4, -0.2) is 18.6 Å². The van der Waals surface area contributed by atoms with Crippen LogP contribution in [0.2, 0.25) is 0 Å². The molecule has 1 aromatic heterocycles. The van der Waals surface area contributed by atoms with E-state index in [0.717, 1.165) is 18.5 Å². The first-order chi connectivity index (χ1) is 8.65. The zero-order valence-electron chi connectivity index (χ0n) is 10.7. The average molecular weight is 249 g/mol. The van der Waals surface area contributed by atoms with Crippen LogP contribution in [0.3, 0.4) is 0 Å². The molecule has 5 nitrogen and oxygen atoms in total. The van der Waals surface area contributed by atoms with E-state index in [2.05, 4.69) is 17.2 Å². The molecule has 2 rings (SSSR count). The molecule has 4 N–H and O–H groups in total. The van der Waals surface area contributed by atoms with Crippen LogP contribution in [0.15, 0.2) is 27.4 Å². The van der Waals surface area contributed by atoms with Gasteiger partial charge in [-0.3, -0.25) is 4.98 Å². The van der Waals surface area contributed by atoms with Crippen molar-refractivity contribution in [3.05, 3.63) is 34.3 Å². The first-order valence-corrected chi connectivity index (χ1v) is 6.18. The minimum Gasteiger partial charge on any atom is -0.408 e. The molecule has 2 unspecified atom stereocenters. The van der Waals surface area contributed by atoms with Gasteiger partial charge in [0.1, 0.15) is 0 Å². The quantitative estimate of drug-likeness (QED) is 0.747. The Kier molecular flexibility index (Phi) is 3.84. The third-order valence-electron chi connectivity index (χ3n) is 3.33. The summed E-state index contributed by atoms with van der Waals surface area (Å²) in [5.74, 6) is -0.0657. The summed E-state index contributed by atoms with van der Waals surface area (Å²) in [5.41, 5.74) is 8.55. The molecular formula is C13H19N3O2. The number of hydrogen-bond acceptors (Lipinski definition) is 4. The summed E-state index contributed by atoms with van der Waals surface area (Å²) < 4.78 is 4.97. The maximum absolute atomic E-state index is 11.1. The van der Waals surface area contributed by atoms with E-state index in [-0.39, 0.29) is 6.04 Å². The fraction of sp³-hybridized carbons (Fsp3) is 0.462. The van der Waals surface area contributed by atoms with Gasteiger partial charge in [0.05, 0.1) is 5.52 Å². The van der Waals surface area contributed by atoms with E-state index in [4.69, 9.17) is 10.2 Å². The van der Waals surface area contributed by atoms with Gasteiger partial charge in [-0.05, 0) is 37.2 Å². The van der Waals surface area contributed by atoms with Crippen molar-refractivity contribution in [3.63, 3.8) is 0 Å². The van der Waals surface area contributed by atoms with E-state index in [1.165, 1.54) is 0 Å². The SMILES string of the molecule is CCC(CNC)C(N)c1ccc2oc(=O)[nH]c2c1. The molecular weight excluding hydrogens is 230 g/mol. The summed E-state index contributed by atoms with van der Waals surface area (Å²) in [6.07, 6.45) is 1.00. The van der Waals surface area contributed by atoms with Crippen molar-refractivity contribution in [1.29, 1.82) is 0 Å². The van der Waals surface area contributed by atoms with Gasteiger partial charge in [0.15, 0.2) is 5.58 Å². The van der Waals surface area contributed by atoms with Crippen molar-refractivity contribution in [2.75, 3.05) is 13.6 Å². The number of nitrogens with two attached hydrogens (primary N) is 1. The number of hydrogen-bond donors (Lipinski definition) is 3. The predicted octanol–water partition coefficient (Wildman–Crippen LogP) is 1.37. The Morgan fingerprint density at radius 1 is 1.50 bits per heavy atom. The van der Waals surface area contributed by atoms with Gasteiger partial charge in [0.2, 0.25) is 0 Å². The first kappa shape index (κ1) is 12.9. The van der Waals surface area contributed by atoms with E-state index in [1.54, 1.807) is 6.07 Å². The number of aromatic nitrogens is 1. The summed E-state index contributed by atoms with van der Waals surface area (Å²) in [6, 6.07) is 5.55. The van der Waals surface area contributed by atoms with E-state index in [9.17, 15) is 4.79 Å². The molecule has 0 bridgehead atoms. The van der Waals surface area contributed by atoms with Gasteiger partial charge in [-0.2, -0.15) is 0 Å². The predicted molar refractivity (Wildman–Crippen MR) is 71.5 cm³/mol. The van der Waals surface area contributed by atoms with Crippen LogP contribution >= 0.6 is 0 Å². The fourth-order valence-corrected chi connectivity index (χ4v) is 2.24. The Hall–Kier alpha value is -1.59. The third kappa shape index (κ3) is 2.47. The average Bonchev–Trinajstić information content (AvgIpc) is 2.74. The number of nitrogens with one attached hydrogen (secondary N) is 2. The molecule has 98 valence electrons. The standard InChI is InChI=1S/C13H19N3O2/c1-3-8(7-15-2)12(14)9-4-5-11-10(6-9)16-13(17)18-11/h4-6,8,12,15H,3,7,14H2,1-2H3,(H,16,17). The third-order valence-corrected chi connectivity index (χ3v) is 3.33. The number of fused-ring (bicyclic) bond motifs is 1. The summed E-state index contributed by atoms with van der Waals surface area (Å²) in [7, 11) is 1.92. The van der Waals surface area contributed by atoms with E-state index >= 15 is 0 Å². The molecule has 0 aliphatic rings. The largest absolute Gasteiger partial charge is 0.417 e. The lowest BCUT2D eigenvalue weighted by Crippen LogP contribution is -2.29. The highest BCUT2D eigenvalue weighted by Gasteiger charge is 2.17. The molecule has 0 spiro atoms. The van der Waals surface area contributed by atoms with Gasteiger partial charge in [-0.25, -0.2) is 4.79 Å². The highest BCUT2D eigenvalue weighted by Crippen LogP contribution is 2.24. The molecule has 0 fully saturated rings. The molecule has 2 atom stereocenters. The number of aromatic amines is 1. The summed E-state index contributed by atoms with van der Waals surface area (Å²) in [4.78, 5) is 13.7. The molecule has 2 aromatic rings. The fourth-order valence-electron chi connectivity index (χ4n) is 2.24. The van der Waals surface area contributed by atoms with Gasteiger partial charge in [0, 0.05) is 6.04 Å². The Balaban J connectivity index is 2.31. The number of H-pyrrole nitrogens is 1. The van der Waals surface area contributed by atoms with Crippen molar-refractivity contribution in [1.82, 2.24) is 10.3 Å². The molecule has 0 radical (unpaired) electrons. The lowest BCUT2D eigenvalue weighted by molar-refractivity contribution is 0.403. The van der Waals surface area contributed by atoms with Crippen LogP contribution in [0, 0.1) is 5.92 Å². The van der Waals surface area contributed by atoms with Gasteiger partial charge < -0.3 is 15.5 Å². The Bertz CT molecular complexity index is 573. The monoisotopic (exact) mass is 249 g/mol. The summed E-state index contributed by atoms with van der Waals surface area (Å²) in [5, 5.41) is 3.15. The smallest absolute Gasteiger partial charge is 0.408 e. The van der Waals surface area contributed by atoms with Crippen LogP contribution < -0.4 is 16.8 Å². The molecule has 18 heavy (non-hydrogen) atoms. The summed E-state index contributed by atoms with van der Waals surface area (Å²) >= 11 is 0. The molecule has 1 heterocycles. The van der Waals surface area contributed by atoms with Crippen LogP contribution in [0.5, 0.6) is 0 Å². The number of rotatable bonds is 5. The maximum Gasteiger partial charge on any atom is 0.417 e. The molecule has 0 saturated carbocycles. The van der Waals surface area contributed by atoms with E-state index in [1.807, 2.05) is 19.2 Å². The highest BCUT2D eigenvalue weighted by molar-refractivity contribution is 5.72. The summed E-state index contributed by atoms with van der Waals surface area (Å²) in [6.45, 7) is 3.00. The van der Waals surface area contributed by atoms with Crippen LogP contribution in [0.4, 0.5) is 0 Å². The van der Waals surface area contributed by atoms with E-state index in [0.29, 0.717) is 17.0 Å². The molecule has 0 aliphatic carbocycles. The Labute approximate surface area is 105 Å². The highest BCUT2D eigenvalue weighted by atomic mass is 16.4. The normalized spacial score (nSPS) is 14.8. The van der Waals surface area contributed by atoms with Crippen molar-refractivity contribution in [3.8, 4) is 0 Å². The number of benzene rings is 1. The van der Waals surface area contributed by atoms with Crippen molar-refractivity contribution in [2.45, 2.75) is 19.4 Å². The topological polar surface area (TPSA) is 84.0 Å². The zero-order chi connectivity index (χ0) is 13.1.